The maximum atomic E-state index is 5.83. The summed E-state index contributed by atoms with van der Waals surface area (Å²) in [6.07, 6.45) is 0. The highest BCUT2D eigenvalue weighted by Crippen LogP contribution is 2.34. The van der Waals surface area contributed by atoms with E-state index in [0.717, 1.165) is 27.9 Å². The number of aryl methyl sites for hydroxylation is 1. The first-order valence-electron chi connectivity index (χ1n) is 7.83. The number of rotatable bonds is 4. The molecule has 6 heteroatoms. The second-order valence-corrected chi connectivity index (χ2v) is 5.75. The van der Waals surface area contributed by atoms with Gasteiger partial charge in [0.25, 0.3) is 5.89 Å². The molecule has 6 nitrogen and oxygen atoms in total. The molecular formula is C19H17N3O3. The number of hydrogen-bond acceptors (Lipinski definition) is 5. The molecular weight excluding hydrogens is 318 g/mol. The Labute approximate surface area is 144 Å². The minimum Gasteiger partial charge on any atom is -0.497 e. The lowest BCUT2D eigenvalue weighted by Gasteiger charge is -2.04. The molecule has 126 valence electrons. The second-order valence-electron chi connectivity index (χ2n) is 5.75. The topological polar surface area (TPSA) is 73.2 Å². The average Bonchev–Trinajstić information content (AvgIpc) is 3.28. The maximum Gasteiger partial charge on any atom is 0.264 e. The third kappa shape index (κ3) is 2.71. The molecule has 0 unspecified atom stereocenters. The van der Waals surface area contributed by atoms with E-state index in [4.69, 9.17) is 13.9 Å². The number of nitrogens with zero attached hydrogens (tertiary/aromatic N) is 2. The Hall–Kier alpha value is -3.28. The monoisotopic (exact) mass is 335 g/mol. The van der Waals surface area contributed by atoms with E-state index in [-0.39, 0.29) is 0 Å². The molecule has 0 spiro atoms. The summed E-state index contributed by atoms with van der Waals surface area (Å²) in [6, 6.07) is 13.6. The van der Waals surface area contributed by atoms with Crippen molar-refractivity contribution in [3.8, 4) is 34.5 Å². The highest BCUT2D eigenvalue weighted by molar-refractivity contribution is 5.91. The average molecular weight is 335 g/mol. The molecule has 0 aliphatic rings. The van der Waals surface area contributed by atoms with Crippen LogP contribution in [0.4, 0.5) is 0 Å². The molecule has 4 rings (SSSR count). The minimum atomic E-state index is 0.424. The number of ether oxygens (including phenoxy) is 2. The van der Waals surface area contributed by atoms with Gasteiger partial charge in [0.05, 0.1) is 19.7 Å². The first-order valence-corrected chi connectivity index (χ1v) is 7.83. The van der Waals surface area contributed by atoms with E-state index in [1.54, 1.807) is 14.2 Å². The van der Waals surface area contributed by atoms with Crippen LogP contribution in [0.5, 0.6) is 11.5 Å². The summed E-state index contributed by atoms with van der Waals surface area (Å²) in [6.45, 7) is 2.04. The summed E-state index contributed by atoms with van der Waals surface area (Å²) in [4.78, 5) is 3.28. The van der Waals surface area contributed by atoms with Crippen molar-refractivity contribution >= 4 is 10.9 Å². The summed E-state index contributed by atoms with van der Waals surface area (Å²) in [5.41, 5.74) is 3.67. The number of nitrogens with one attached hydrogen (secondary N) is 1. The third-order valence-electron chi connectivity index (χ3n) is 4.08. The van der Waals surface area contributed by atoms with Gasteiger partial charge < -0.3 is 18.9 Å². The number of aromatic nitrogens is 3. The highest BCUT2D eigenvalue weighted by Gasteiger charge is 2.15. The first kappa shape index (κ1) is 15.3. The van der Waals surface area contributed by atoms with Gasteiger partial charge in [-0.05, 0) is 25.1 Å². The van der Waals surface area contributed by atoms with Gasteiger partial charge in [0.1, 0.15) is 17.2 Å². The molecule has 25 heavy (non-hydrogen) atoms. The summed E-state index contributed by atoms with van der Waals surface area (Å²) in [5.74, 6) is 2.34. The van der Waals surface area contributed by atoms with Gasteiger partial charge in [-0.2, -0.15) is 0 Å². The van der Waals surface area contributed by atoms with Gasteiger partial charge in [-0.25, -0.2) is 0 Å². The van der Waals surface area contributed by atoms with E-state index >= 15 is 0 Å². The minimum absolute atomic E-state index is 0.424. The molecule has 4 aromatic rings. The van der Waals surface area contributed by atoms with E-state index in [1.807, 2.05) is 49.4 Å². The number of hydrogen-bond donors (Lipinski definition) is 1. The largest absolute Gasteiger partial charge is 0.497 e. The Morgan fingerprint density at radius 2 is 1.68 bits per heavy atom. The SMILES string of the molecule is COc1cc(OC)c2cc(-c3nnc(-c4ccc(C)cc4)o3)[nH]c2c1. The molecule has 0 fully saturated rings. The fourth-order valence-electron chi connectivity index (χ4n) is 2.73. The molecule has 2 heterocycles. The van der Waals surface area contributed by atoms with Crippen LogP contribution in [-0.4, -0.2) is 29.4 Å². The molecule has 0 aliphatic carbocycles. The Morgan fingerprint density at radius 1 is 0.920 bits per heavy atom. The normalized spacial score (nSPS) is 11.0. The van der Waals surface area contributed by atoms with Gasteiger partial charge in [0.2, 0.25) is 5.89 Å². The standard InChI is InChI=1S/C19H17N3O3/c1-11-4-6-12(7-5-11)18-21-22-19(25-18)16-10-14-15(20-16)8-13(23-2)9-17(14)24-3/h4-10,20H,1-3H3. The van der Waals surface area contributed by atoms with Crippen LogP contribution < -0.4 is 9.47 Å². The Bertz CT molecular complexity index is 1030. The summed E-state index contributed by atoms with van der Waals surface area (Å²) >= 11 is 0. The van der Waals surface area contributed by atoms with Crippen LogP contribution in [0.3, 0.4) is 0 Å². The zero-order chi connectivity index (χ0) is 17.4. The third-order valence-corrected chi connectivity index (χ3v) is 4.08. The van der Waals surface area contributed by atoms with Gasteiger partial charge in [0.15, 0.2) is 0 Å². The van der Waals surface area contributed by atoms with Gasteiger partial charge in [0, 0.05) is 23.1 Å². The molecule has 0 atom stereocenters. The number of aromatic amines is 1. The molecule has 0 saturated carbocycles. The van der Waals surface area contributed by atoms with Crippen molar-refractivity contribution in [2.75, 3.05) is 14.2 Å². The van der Waals surface area contributed by atoms with E-state index in [9.17, 15) is 0 Å². The van der Waals surface area contributed by atoms with Crippen LogP contribution in [0.25, 0.3) is 33.9 Å². The van der Waals surface area contributed by atoms with Crippen molar-refractivity contribution in [2.24, 2.45) is 0 Å². The van der Waals surface area contributed by atoms with Crippen molar-refractivity contribution in [2.45, 2.75) is 6.92 Å². The Morgan fingerprint density at radius 3 is 2.40 bits per heavy atom. The fourth-order valence-corrected chi connectivity index (χ4v) is 2.73. The van der Waals surface area contributed by atoms with E-state index < -0.39 is 0 Å². The molecule has 0 radical (unpaired) electrons. The number of fused-ring (bicyclic) bond motifs is 1. The van der Waals surface area contributed by atoms with Gasteiger partial charge in [-0.15, -0.1) is 10.2 Å². The lowest BCUT2D eigenvalue weighted by Crippen LogP contribution is -1.87. The van der Waals surface area contributed by atoms with Crippen LogP contribution in [0.15, 0.2) is 46.9 Å². The number of methoxy groups -OCH3 is 2. The predicted molar refractivity (Wildman–Crippen MR) is 94.9 cm³/mol. The van der Waals surface area contributed by atoms with E-state index in [0.29, 0.717) is 17.5 Å². The quantitative estimate of drug-likeness (QED) is 0.605. The zero-order valence-corrected chi connectivity index (χ0v) is 14.2. The lowest BCUT2D eigenvalue weighted by molar-refractivity contribution is 0.398. The van der Waals surface area contributed by atoms with Gasteiger partial charge in [-0.3, -0.25) is 0 Å². The van der Waals surface area contributed by atoms with Crippen molar-refractivity contribution < 1.29 is 13.9 Å². The van der Waals surface area contributed by atoms with Crippen molar-refractivity contribution in [1.82, 2.24) is 15.2 Å². The Balaban J connectivity index is 1.76. The van der Waals surface area contributed by atoms with Crippen molar-refractivity contribution in [3.05, 3.63) is 48.0 Å². The molecule has 0 aliphatic heterocycles. The summed E-state index contributed by atoms with van der Waals surface area (Å²) in [5, 5.41) is 9.23. The molecule has 0 bridgehead atoms. The first-order chi connectivity index (χ1) is 12.2. The van der Waals surface area contributed by atoms with Crippen LogP contribution in [-0.2, 0) is 0 Å². The van der Waals surface area contributed by atoms with Crippen LogP contribution in [0.2, 0.25) is 0 Å². The van der Waals surface area contributed by atoms with Gasteiger partial charge >= 0.3 is 0 Å². The summed E-state index contributed by atoms with van der Waals surface area (Å²) < 4.78 is 16.6. The van der Waals surface area contributed by atoms with Gasteiger partial charge in [-0.1, -0.05) is 17.7 Å². The summed E-state index contributed by atoms with van der Waals surface area (Å²) in [7, 11) is 3.25. The number of H-pyrrole nitrogens is 1. The van der Waals surface area contributed by atoms with Crippen LogP contribution in [0.1, 0.15) is 5.56 Å². The fraction of sp³-hybridized carbons (Fsp3) is 0.158. The Kier molecular flexibility index (Phi) is 3.65. The molecule has 0 amide bonds. The number of benzene rings is 2. The van der Waals surface area contributed by atoms with Crippen LogP contribution in [0, 0.1) is 6.92 Å². The predicted octanol–water partition coefficient (Wildman–Crippen LogP) is 4.21. The van der Waals surface area contributed by atoms with E-state index in [2.05, 4.69) is 15.2 Å². The molecule has 0 saturated heterocycles. The smallest absolute Gasteiger partial charge is 0.264 e. The lowest BCUT2D eigenvalue weighted by atomic mass is 10.1. The van der Waals surface area contributed by atoms with E-state index in [1.165, 1.54) is 5.56 Å². The maximum absolute atomic E-state index is 5.83. The molecule has 2 aromatic carbocycles. The zero-order valence-electron chi connectivity index (χ0n) is 14.2. The molecule has 2 aromatic heterocycles. The van der Waals surface area contributed by atoms with Crippen LogP contribution >= 0.6 is 0 Å². The highest BCUT2D eigenvalue weighted by atomic mass is 16.5. The second kappa shape index (κ2) is 5.98. The molecule has 1 N–H and O–H groups in total. The van der Waals surface area contributed by atoms with Crippen molar-refractivity contribution in [1.29, 1.82) is 0 Å². The van der Waals surface area contributed by atoms with Crippen molar-refractivity contribution in [3.63, 3.8) is 0 Å².